The fourth-order valence-electron chi connectivity index (χ4n) is 2.62. The Morgan fingerprint density at radius 3 is 2.70 bits per heavy atom. The zero-order valence-electron chi connectivity index (χ0n) is 11.2. The largest absolute Gasteiger partial charge is 0.508 e. The third-order valence-corrected chi connectivity index (χ3v) is 4.47. The Morgan fingerprint density at radius 2 is 1.95 bits per heavy atom. The van der Waals surface area contributed by atoms with E-state index in [9.17, 15) is 10.2 Å². The number of benzene rings is 1. The van der Waals surface area contributed by atoms with Crippen LogP contribution in [0.2, 0.25) is 0 Å². The highest BCUT2D eigenvalue weighted by Crippen LogP contribution is 2.34. The molecule has 3 N–H and O–H groups in total. The third-order valence-electron chi connectivity index (χ3n) is 3.69. The smallest absolute Gasteiger partial charge is 0.183 e. The van der Waals surface area contributed by atoms with Crippen LogP contribution in [0.3, 0.4) is 0 Å². The Bertz CT molecular complexity index is 591. The molecule has 1 aliphatic carbocycles. The highest BCUT2D eigenvalue weighted by molar-refractivity contribution is 7.14. The molecule has 0 amide bonds. The van der Waals surface area contributed by atoms with E-state index in [1.165, 1.54) is 38.2 Å². The second kappa shape index (κ2) is 5.71. The number of aromatic hydroxyl groups is 2. The maximum Gasteiger partial charge on any atom is 0.183 e. The summed E-state index contributed by atoms with van der Waals surface area (Å²) in [4.78, 5) is 4.53. The molecule has 0 radical (unpaired) electrons. The first-order valence-corrected chi connectivity index (χ1v) is 7.85. The summed E-state index contributed by atoms with van der Waals surface area (Å²) in [7, 11) is 0. The van der Waals surface area contributed by atoms with E-state index in [0.29, 0.717) is 11.6 Å². The second-order valence-corrected chi connectivity index (χ2v) is 6.08. The highest BCUT2D eigenvalue weighted by atomic mass is 32.1. The molecule has 3 rings (SSSR count). The maximum atomic E-state index is 9.86. The number of anilines is 1. The first-order chi connectivity index (χ1) is 9.72. The van der Waals surface area contributed by atoms with Crippen molar-refractivity contribution in [3.63, 3.8) is 0 Å². The normalized spacial score (nSPS) is 16.2. The minimum Gasteiger partial charge on any atom is -0.508 e. The molecular weight excluding hydrogens is 272 g/mol. The minimum absolute atomic E-state index is 0.0551. The van der Waals surface area contributed by atoms with E-state index in [1.807, 2.05) is 5.38 Å². The predicted molar refractivity (Wildman–Crippen MR) is 81.4 cm³/mol. The number of rotatable bonds is 3. The SMILES string of the molecule is Oc1ccc(-c2csc(NC3CCCCC3)n2)c(O)c1. The predicted octanol–water partition coefficient (Wildman–Crippen LogP) is 3.97. The van der Waals surface area contributed by atoms with Gasteiger partial charge in [-0.3, -0.25) is 0 Å². The van der Waals surface area contributed by atoms with Crippen molar-refractivity contribution in [3.8, 4) is 22.8 Å². The Balaban J connectivity index is 1.75. The van der Waals surface area contributed by atoms with Crippen molar-refractivity contribution in [2.45, 2.75) is 38.1 Å². The summed E-state index contributed by atoms with van der Waals surface area (Å²) < 4.78 is 0. The van der Waals surface area contributed by atoms with Crippen LogP contribution in [0.1, 0.15) is 32.1 Å². The van der Waals surface area contributed by atoms with E-state index < -0.39 is 0 Å². The molecule has 0 unspecified atom stereocenters. The van der Waals surface area contributed by atoms with Crippen LogP contribution < -0.4 is 5.32 Å². The van der Waals surface area contributed by atoms with E-state index in [-0.39, 0.29) is 11.5 Å². The van der Waals surface area contributed by atoms with Gasteiger partial charge in [-0.25, -0.2) is 4.98 Å². The summed E-state index contributed by atoms with van der Waals surface area (Å²) >= 11 is 1.56. The monoisotopic (exact) mass is 290 g/mol. The van der Waals surface area contributed by atoms with Gasteiger partial charge in [0.25, 0.3) is 0 Å². The number of hydrogen-bond acceptors (Lipinski definition) is 5. The average molecular weight is 290 g/mol. The molecule has 0 aliphatic heterocycles. The lowest BCUT2D eigenvalue weighted by molar-refractivity contribution is 0.452. The van der Waals surface area contributed by atoms with Crippen LogP contribution in [0.4, 0.5) is 5.13 Å². The molecule has 106 valence electrons. The van der Waals surface area contributed by atoms with Crippen LogP contribution in [0, 0.1) is 0 Å². The van der Waals surface area contributed by atoms with Crippen LogP contribution >= 0.6 is 11.3 Å². The number of phenolic OH excluding ortho intramolecular Hbond substituents is 2. The fraction of sp³-hybridized carbons (Fsp3) is 0.400. The van der Waals surface area contributed by atoms with Crippen molar-refractivity contribution in [1.82, 2.24) is 4.98 Å². The Hall–Kier alpha value is -1.75. The molecule has 1 aromatic carbocycles. The molecule has 1 fully saturated rings. The van der Waals surface area contributed by atoms with Crippen LogP contribution in [0.5, 0.6) is 11.5 Å². The number of nitrogens with zero attached hydrogens (tertiary/aromatic N) is 1. The van der Waals surface area contributed by atoms with Gasteiger partial charge in [-0.1, -0.05) is 19.3 Å². The van der Waals surface area contributed by atoms with Gasteiger partial charge >= 0.3 is 0 Å². The van der Waals surface area contributed by atoms with Crippen molar-refractivity contribution in [2.24, 2.45) is 0 Å². The number of nitrogens with one attached hydrogen (secondary N) is 1. The van der Waals surface area contributed by atoms with Crippen LogP contribution in [0.25, 0.3) is 11.3 Å². The van der Waals surface area contributed by atoms with Gasteiger partial charge < -0.3 is 15.5 Å². The first kappa shape index (κ1) is 13.2. The molecule has 1 aromatic heterocycles. The number of hydrogen-bond donors (Lipinski definition) is 3. The number of aromatic nitrogens is 1. The quantitative estimate of drug-likeness (QED) is 0.800. The molecule has 4 nitrogen and oxygen atoms in total. The van der Waals surface area contributed by atoms with Crippen molar-refractivity contribution in [2.75, 3.05) is 5.32 Å². The molecular formula is C15H18N2O2S. The molecule has 20 heavy (non-hydrogen) atoms. The van der Waals surface area contributed by atoms with Gasteiger partial charge in [-0.05, 0) is 25.0 Å². The van der Waals surface area contributed by atoms with Crippen LogP contribution in [0.15, 0.2) is 23.6 Å². The number of phenols is 2. The van der Waals surface area contributed by atoms with Gasteiger partial charge in [0.15, 0.2) is 5.13 Å². The summed E-state index contributed by atoms with van der Waals surface area (Å²) in [5.41, 5.74) is 1.39. The van der Waals surface area contributed by atoms with Gasteiger partial charge in [-0.2, -0.15) is 0 Å². The average Bonchev–Trinajstić information content (AvgIpc) is 2.88. The molecule has 1 heterocycles. The summed E-state index contributed by atoms with van der Waals surface area (Å²) in [6.45, 7) is 0. The van der Waals surface area contributed by atoms with Crippen LogP contribution in [-0.2, 0) is 0 Å². The summed E-state index contributed by atoms with van der Waals surface area (Å²) in [5.74, 6) is 0.113. The Labute approximate surface area is 122 Å². The second-order valence-electron chi connectivity index (χ2n) is 5.22. The molecule has 2 aromatic rings. The van der Waals surface area contributed by atoms with Crippen molar-refractivity contribution in [1.29, 1.82) is 0 Å². The van der Waals surface area contributed by atoms with Gasteiger partial charge in [0.05, 0.1) is 5.69 Å². The third kappa shape index (κ3) is 2.88. The lowest BCUT2D eigenvalue weighted by Gasteiger charge is -2.22. The Morgan fingerprint density at radius 1 is 1.15 bits per heavy atom. The molecule has 5 heteroatoms. The fourth-order valence-corrected chi connectivity index (χ4v) is 3.41. The zero-order chi connectivity index (χ0) is 13.9. The van der Waals surface area contributed by atoms with Crippen molar-refractivity contribution < 1.29 is 10.2 Å². The van der Waals surface area contributed by atoms with Crippen molar-refractivity contribution in [3.05, 3.63) is 23.6 Å². The molecule has 0 saturated heterocycles. The molecule has 0 bridgehead atoms. The van der Waals surface area contributed by atoms with Crippen molar-refractivity contribution >= 4 is 16.5 Å². The van der Waals surface area contributed by atoms with Gasteiger partial charge in [0.1, 0.15) is 11.5 Å². The van der Waals surface area contributed by atoms with Gasteiger partial charge in [-0.15, -0.1) is 11.3 Å². The van der Waals surface area contributed by atoms with Gasteiger partial charge in [0.2, 0.25) is 0 Å². The minimum atomic E-state index is 0.0551. The van der Waals surface area contributed by atoms with E-state index in [1.54, 1.807) is 23.5 Å². The topological polar surface area (TPSA) is 65.4 Å². The van der Waals surface area contributed by atoms with E-state index in [2.05, 4.69) is 10.3 Å². The highest BCUT2D eigenvalue weighted by Gasteiger charge is 2.15. The van der Waals surface area contributed by atoms with E-state index in [4.69, 9.17) is 0 Å². The lowest BCUT2D eigenvalue weighted by Crippen LogP contribution is -2.21. The standard InChI is InChI=1S/C15H18N2O2S/c18-11-6-7-12(14(19)8-11)13-9-20-15(17-13)16-10-4-2-1-3-5-10/h6-10,18-19H,1-5H2,(H,16,17). The molecule has 1 aliphatic rings. The lowest BCUT2D eigenvalue weighted by atomic mass is 9.96. The summed E-state index contributed by atoms with van der Waals surface area (Å²) in [6.07, 6.45) is 6.32. The molecule has 0 atom stereocenters. The first-order valence-electron chi connectivity index (χ1n) is 6.97. The van der Waals surface area contributed by atoms with Crippen LogP contribution in [-0.4, -0.2) is 21.2 Å². The van der Waals surface area contributed by atoms with Gasteiger partial charge in [0, 0.05) is 23.1 Å². The maximum absolute atomic E-state index is 9.86. The summed E-state index contributed by atoms with van der Waals surface area (Å²) in [6, 6.07) is 5.10. The Kier molecular flexibility index (Phi) is 3.78. The zero-order valence-corrected chi connectivity index (χ0v) is 12.0. The molecule has 0 spiro atoms. The van der Waals surface area contributed by atoms with E-state index in [0.717, 1.165) is 10.8 Å². The van der Waals surface area contributed by atoms with E-state index >= 15 is 0 Å². The summed E-state index contributed by atoms with van der Waals surface area (Å²) in [5, 5.41) is 25.5. The number of thiazole rings is 1. The molecule has 1 saturated carbocycles.